The molecule has 0 unspecified atom stereocenters. The first kappa shape index (κ1) is 22.3. The Morgan fingerprint density at radius 1 is 1.03 bits per heavy atom. The molecule has 3 rings (SSSR count). The molecule has 1 N–H and O–H groups in total. The standard InChI is InChI=1S/C23H23NO6S/c1-5-30-23(26)20-21(25)19(13-14-12-17(28-3)10-11-18(14)29-4)31-22(20)24-15-6-8-16(27-2)9-7-15/h6-13,25H,5H2,1-4H3/b19-13-,24-22?. The lowest BCUT2D eigenvalue weighted by Crippen LogP contribution is -2.12. The maximum Gasteiger partial charge on any atom is 0.344 e. The van der Waals surface area contributed by atoms with E-state index in [0.717, 1.165) is 0 Å². The van der Waals surface area contributed by atoms with E-state index in [-0.39, 0.29) is 17.9 Å². The van der Waals surface area contributed by atoms with Crippen molar-refractivity contribution in [2.75, 3.05) is 27.9 Å². The molecule has 8 heteroatoms. The van der Waals surface area contributed by atoms with Gasteiger partial charge in [-0.3, -0.25) is 0 Å². The summed E-state index contributed by atoms with van der Waals surface area (Å²) in [4.78, 5) is 17.5. The molecule has 0 aromatic heterocycles. The van der Waals surface area contributed by atoms with E-state index < -0.39 is 5.97 Å². The minimum atomic E-state index is -0.638. The predicted molar refractivity (Wildman–Crippen MR) is 121 cm³/mol. The van der Waals surface area contributed by atoms with E-state index in [0.29, 0.717) is 38.4 Å². The first-order valence-electron chi connectivity index (χ1n) is 9.46. The Hall–Kier alpha value is -3.39. The number of hydrogen-bond donors (Lipinski definition) is 1. The summed E-state index contributed by atoms with van der Waals surface area (Å²) in [7, 11) is 4.71. The quantitative estimate of drug-likeness (QED) is 0.611. The normalized spacial score (nSPS) is 16.0. The molecule has 0 fully saturated rings. The zero-order valence-electron chi connectivity index (χ0n) is 17.7. The summed E-state index contributed by atoms with van der Waals surface area (Å²) in [5.41, 5.74) is 1.32. The fourth-order valence-electron chi connectivity index (χ4n) is 2.86. The molecule has 0 saturated heterocycles. The van der Waals surface area contributed by atoms with Gasteiger partial charge in [0.15, 0.2) is 0 Å². The molecule has 0 bridgehead atoms. The molecule has 0 spiro atoms. The van der Waals surface area contributed by atoms with Crippen molar-refractivity contribution < 1.29 is 28.8 Å². The second kappa shape index (κ2) is 10.1. The van der Waals surface area contributed by atoms with E-state index >= 15 is 0 Å². The number of esters is 1. The number of thioether (sulfide) groups is 1. The van der Waals surface area contributed by atoms with Crippen LogP contribution in [0.5, 0.6) is 17.2 Å². The van der Waals surface area contributed by atoms with Gasteiger partial charge in [0.2, 0.25) is 0 Å². The van der Waals surface area contributed by atoms with Gasteiger partial charge < -0.3 is 24.1 Å². The fraction of sp³-hybridized carbons (Fsp3) is 0.217. The van der Waals surface area contributed by atoms with Crippen LogP contribution in [0.1, 0.15) is 12.5 Å². The van der Waals surface area contributed by atoms with E-state index in [1.807, 2.05) is 0 Å². The Bertz CT molecular complexity index is 1060. The van der Waals surface area contributed by atoms with Crippen LogP contribution >= 0.6 is 11.8 Å². The van der Waals surface area contributed by atoms with Gasteiger partial charge in [-0.1, -0.05) is 11.8 Å². The third kappa shape index (κ3) is 5.03. The number of aliphatic imine (C=N–C) groups is 1. The smallest absolute Gasteiger partial charge is 0.344 e. The van der Waals surface area contributed by atoms with Gasteiger partial charge in [-0.2, -0.15) is 0 Å². The summed E-state index contributed by atoms with van der Waals surface area (Å²) >= 11 is 1.17. The Morgan fingerprint density at radius 3 is 2.32 bits per heavy atom. The van der Waals surface area contributed by atoms with Gasteiger partial charge in [0, 0.05) is 5.56 Å². The monoisotopic (exact) mass is 441 g/mol. The van der Waals surface area contributed by atoms with Crippen molar-refractivity contribution in [3.8, 4) is 17.2 Å². The number of aliphatic hydroxyl groups excluding tert-OH is 1. The molecule has 2 aromatic rings. The van der Waals surface area contributed by atoms with Gasteiger partial charge in [0.05, 0.1) is 38.5 Å². The molecule has 1 aliphatic rings. The minimum Gasteiger partial charge on any atom is -0.506 e. The van der Waals surface area contributed by atoms with Crippen molar-refractivity contribution in [3.05, 3.63) is 64.3 Å². The Labute approximate surface area is 185 Å². The lowest BCUT2D eigenvalue weighted by molar-refractivity contribution is -0.138. The summed E-state index contributed by atoms with van der Waals surface area (Å²) in [6.45, 7) is 1.88. The molecule has 0 amide bonds. The highest BCUT2D eigenvalue weighted by atomic mass is 32.2. The Kier molecular flexibility index (Phi) is 7.25. The van der Waals surface area contributed by atoms with Crippen LogP contribution in [-0.4, -0.2) is 44.1 Å². The van der Waals surface area contributed by atoms with Crippen molar-refractivity contribution in [1.82, 2.24) is 0 Å². The van der Waals surface area contributed by atoms with Gasteiger partial charge in [-0.05, 0) is 55.5 Å². The lowest BCUT2D eigenvalue weighted by Gasteiger charge is -2.08. The number of carbonyl (C=O) groups is 1. The third-order valence-corrected chi connectivity index (χ3v) is 5.42. The molecular formula is C23H23NO6S. The second-order valence-electron chi connectivity index (χ2n) is 6.28. The van der Waals surface area contributed by atoms with Crippen LogP contribution in [0.15, 0.2) is 63.7 Å². The summed E-state index contributed by atoms with van der Waals surface area (Å²) in [5, 5.41) is 11.2. The Morgan fingerprint density at radius 2 is 1.71 bits per heavy atom. The summed E-state index contributed by atoms with van der Waals surface area (Å²) in [5.74, 6) is 1.09. The van der Waals surface area contributed by atoms with Gasteiger partial charge in [0.25, 0.3) is 0 Å². The lowest BCUT2D eigenvalue weighted by atomic mass is 10.1. The SMILES string of the molecule is CCOC(=O)C1=C(O)/C(=C/c2cc(OC)ccc2OC)SC1=Nc1ccc(OC)cc1. The molecule has 162 valence electrons. The minimum absolute atomic E-state index is 0.0239. The van der Waals surface area contributed by atoms with Gasteiger partial charge in [-0.25, -0.2) is 9.79 Å². The highest BCUT2D eigenvalue weighted by molar-refractivity contribution is 8.18. The van der Waals surface area contributed by atoms with Crippen LogP contribution in [0.2, 0.25) is 0 Å². The predicted octanol–water partition coefficient (Wildman–Crippen LogP) is 4.91. The molecule has 0 saturated carbocycles. The van der Waals surface area contributed by atoms with E-state index in [2.05, 4.69) is 4.99 Å². The van der Waals surface area contributed by atoms with Crippen molar-refractivity contribution in [1.29, 1.82) is 0 Å². The van der Waals surface area contributed by atoms with E-state index in [1.54, 1.807) is 76.8 Å². The van der Waals surface area contributed by atoms with E-state index in [1.165, 1.54) is 11.8 Å². The number of nitrogens with zero attached hydrogens (tertiary/aromatic N) is 1. The highest BCUT2D eigenvalue weighted by Gasteiger charge is 2.33. The van der Waals surface area contributed by atoms with Crippen molar-refractivity contribution in [3.63, 3.8) is 0 Å². The summed E-state index contributed by atoms with van der Waals surface area (Å²) in [6.07, 6.45) is 1.72. The molecule has 7 nitrogen and oxygen atoms in total. The van der Waals surface area contributed by atoms with Gasteiger partial charge in [0.1, 0.15) is 33.6 Å². The van der Waals surface area contributed by atoms with Gasteiger partial charge in [-0.15, -0.1) is 0 Å². The fourth-order valence-corrected chi connectivity index (χ4v) is 3.89. The second-order valence-corrected chi connectivity index (χ2v) is 7.31. The van der Waals surface area contributed by atoms with Crippen LogP contribution in [0.4, 0.5) is 5.69 Å². The maximum absolute atomic E-state index is 12.6. The third-order valence-electron chi connectivity index (χ3n) is 4.40. The number of hydrogen-bond acceptors (Lipinski definition) is 8. The first-order chi connectivity index (χ1) is 15.0. The van der Waals surface area contributed by atoms with Crippen molar-refractivity contribution >= 4 is 34.5 Å². The average molecular weight is 442 g/mol. The van der Waals surface area contributed by atoms with Crippen LogP contribution in [0, 0.1) is 0 Å². The molecule has 0 atom stereocenters. The molecular weight excluding hydrogens is 418 g/mol. The first-order valence-corrected chi connectivity index (χ1v) is 10.3. The highest BCUT2D eigenvalue weighted by Crippen LogP contribution is 2.41. The largest absolute Gasteiger partial charge is 0.506 e. The van der Waals surface area contributed by atoms with Crippen LogP contribution < -0.4 is 14.2 Å². The number of benzene rings is 2. The number of methoxy groups -OCH3 is 3. The molecule has 2 aromatic carbocycles. The van der Waals surface area contributed by atoms with Crippen molar-refractivity contribution in [2.24, 2.45) is 4.99 Å². The molecule has 31 heavy (non-hydrogen) atoms. The van der Waals surface area contributed by atoms with Gasteiger partial charge >= 0.3 is 5.97 Å². The zero-order valence-corrected chi connectivity index (χ0v) is 18.5. The molecule has 1 heterocycles. The topological polar surface area (TPSA) is 86.6 Å². The van der Waals surface area contributed by atoms with E-state index in [9.17, 15) is 9.90 Å². The number of aliphatic hydroxyl groups is 1. The molecule has 1 aliphatic heterocycles. The molecule has 0 aliphatic carbocycles. The van der Waals surface area contributed by atoms with E-state index in [4.69, 9.17) is 18.9 Å². The summed E-state index contributed by atoms with van der Waals surface area (Å²) < 4.78 is 21.0. The number of ether oxygens (including phenoxy) is 4. The average Bonchev–Trinajstić information content (AvgIpc) is 3.08. The van der Waals surface area contributed by atoms with Crippen molar-refractivity contribution in [2.45, 2.75) is 6.92 Å². The molecule has 0 radical (unpaired) electrons. The van der Waals surface area contributed by atoms with Crippen LogP contribution in [0.3, 0.4) is 0 Å². The summed E-state index contributed by atoms with van der Waals surface area (Å²) in [6, 6.07) is 12.4. The number of rotatable bonds is 7. The Balaban J connectivity index is 2.06. The zero-order chi connectivity index (χ0) is 22.4. The van der Waals surface area contributed by atoms with Crippen LogP contribution in [-0.2, 0) is 9.53 Å². The maximum atomic E-state index is 12.6. The number of carbonyl (C=O) groups excluding carboxylic acids is 1. The van der Waals surface area contributed by atoms with Crippen LogP contribution in [0.25, 0.3) is 6.08 Å².